The minimum atomic E-state index is 0.675. The lowest BCUT2D eigenvalue weighted by Gasteiger charge is -2.22. The molecule has 2 nitrogen and oxygen atoms in total. The second-order valence-corrected chi connectivity index (χ2v) is 3.41. The minimum Gasteiger partial charge on any atom is -0.288 e. The van der Waals surface area contributed by atoms with Gasteiger partial charge in [0, 0.05) is 0 Å². The molecule has 0 radical (unpaired) electrons. The van der Waals surface area contributed by atoms with Gasteiger partial charge in [0.25, 0.3) is 0 Å². The fraction of sp³-hybridized carbons (Fsp3) is 0.889. The van der Waals surface area contributed by atoms with Gasteiger partial charge in [-0.2, -0.15) is 0 Å². The average molecular weight is 155 g/mol. The molecule has 0 N–H and O–H groups in total. The summed E-state index contributed by atoms with van der Waals surface area (Å²) in [5.41, 5.74) is 0. The van der Waals surface area contributed by atoms with Crippen LogP contribution in [0.4, 0.5) is 0 Å². The van der Waals surface area contributed by atoms with E-state index in [9.17, 15) is 0 Å². The van der Waals surface area contributed by atoms with Crippen molar-refractivity contribution >= 4 is 6.21 Å². The monoisotopic (exact) mass is 155 g/mol. The normalized spacial score (nSPS) is 20.5. The standard InChI is InChI=1S/C9H19N2/c1-4-10-5-7-11(8-6-10)9(2)3/h7,9H,4-6,8H2,1-3H3/q+1. The van der Waals surface area contributed by atoms with E-state index in [2.05, 4.69) is 36.5 Å². The Morgan fingerprint density at radius 3 is 2.64 bits per heavy atom. The van der Waals surface area contributed by atoms with Crippen LogP contribution in [-0.4, -0.2) is 47.9 Å². The van der Waals surface area contributed by atoms with Gasteiger partial charge >= 0.3 is 0 Å². The van der Waals surface area contributed by atoms with Gasteiger partial charge in [-0.1, -0.05) is 6.92 Å². The number of hydrogen-bond donors (Lipinski definition) is 0. The first-order valence-electron chi connectivity index (χ1n) is 4.55. The van der Waals surface area contributed by atoms with Crippen LogP contribution in [0.15, 0.2) is 0 Å². The van der Waals surface area contributed by atoms with Crippen molar-refractivity contribution in [2.24, 2.45) is 0 Å². The van der Waals surface area contributed by atoms with Crippen molar-refractivity contribution in [3.05, 3.63) is 0 Å². The second-order valence-electron chi connectivity index (χ2n) is 3.41. The Hall–Kier alpha value is -0.370. The van der Waals surface area contributed by atoms with Crippen LogP contribution in [0, 0.1) is 0 Å². The fourth-order valence-corrected chi connectivity index (χ4v) is 1.42. The molecule has 1 aliphatic rings. The summed E-state index contributed by atoms with van der Waals surface area (Å²) in [6.45, 7) is 11.5. The van der Waals surface area contributed by atoms with Gasteiger partial charge in [0.1, 0.15) is 6.04 Å². The second kappa shape index (κ2) is 3.86. The zero-order chi connectivity index (χ0) is 8.27. The molecular weight excluding hydrogens is 136 g/mol. The third-order valence-electron chi connectivity index (χ3n) is 2.36. The molecule has 2 heteroatoms. The largest absolute Gasteiger partial charge is 0.288 e. The Labute approximate surface area is 69.5 Å². The zero-order valence-corrected chi connectivity index (χ0v) is 7.88. The Kier molecular flexibility index (Phi) is 3.06. The lowest BCUT2D eigenvalue weighted by atomic mass is 10.3. The van der Waals surface area contributed by atoms with E-state index in [1.807, 2.05) is 0 Å². The average Bonchev–Trinajstić information content (AvgIpc) is 2.05. The molecule has 0 unspecified atom stereocenters. The maximum atomic E-state index is 2.46. The predicted molar refractivity (Wildman–Crippen MR) is 48.4 cm³/mol. The SMILES string of the molecule is CCN1CC=[N+](C(C)C)CC1. The third-order valence-corrected chi connectivity index (χ3v) is 2.36. The van der Waals surface area contributed by atoms with E-state index in [-0.39, 0.29) is 0 Å². The first-order valence-corrected chi connectivity index (χ1v) is 4.55. The number of rotatable bonds is 2. The summed E-state index contributed by atoms with van der Waals surface area (Å²) in [4.78, 5) is 2.46. The van der Waals surface area contributed by atoms with Crippen molar-refractivity contribution in [3.8, 4) is 0 Å². The van der Waals surface area contributed by atoms with Gasteiger partial charge in [0.2, 0.25) is 0 Å². The Morgan fingerprint density at radius 2 is 2.27 bits per heavy atom. The molecule has 0 aromatic carbocycles. The summed E-state index contributed by atoms with van der Waals surface area (Å²) >= 11 is 0. The van der Waals surface area contributed by atoms with Crippen LogP contribution in [0.3, 0.4) is 0 Å². The van der Waals surface area contributed by atoms with E-state index in [4.69, 9.17) is 0 Å². The predicted octanol–water partition coefficient (Wildman–Crippen LogP) is 0.814. The molecule has 11 heavy (non-hydrogen) atoms. The van der Waals surface area contributed by atoms with Crippen LogP contribution in [0.5, 0.6) is 0 Å². The van der Waals surface area contributed by atoms with Crippen LogP contribution in [0.1, 0.15) is 20.8 Å². The lowest BCUT2D eigenvalue weighted by molar-refractivity contribution is -0.559. The number of likely N-dealkylation sites (N-methyl/N-ethyl adjacent to an activating group) is 1. The molecule has 0 aliphatic carbocycles. The highest BCUT2D eigenvalue weighted by Gasteiger charge is 2.16. The fourth-order valence-electron chi connectivity index (χ4n) is 1.42. The summed E-state index contributed by atoms with van der Waals surface area (Å²) in [5, 5.41) is 0. The summed E-state index contributed by atoms with van der Waals surface area (Å²) in [6.07, 6.45) is 2.32. The number of hydrogen-bond acceptors (Lipinski definition) is 1. The highest BCUT2D eigenvalue weighted by atomic mass is 15.2. The first kappa shape index (κ1) is 8.72. The van der Waals surface area contributed by atoms with Gasteiger partial charge in [-0.05, 0) is 20.4 Å². The molecule has 64 valence electrons. The Bertz CT molecular complexity index is 150. The molecular formula is C9H19N2+. The van der Waals surface area contributed by atoms with Crippen LogP contribution < -0.4 is 0 Å². The van der Waals surface area contributed by atoms with Gasteiger partial charge in [0.15, 0.2) is 12.8 Å². The molecule has 1 rings (SSSR count). The maximum absolute atomic E-state index is 2.46. The molecule has 0 aromatic rings. The Balaban J connectivity index is 2.44. The highest BCUT2D eigenvalue weighted by Crippen LogP contribution is 1.96. The van der Waals surface area contributed by atoms with Crippen molar-refractivity contribution in [1.82, 2.24) is 4.90 Å². The van der Waals surface area contributed by atoms with E-state index < -0.39 is 0 Å². The minimum absolute atomic E-state index is 0.675. The smallest absolute Gasteiger partial charge is 0.155 e. The van der Waals surface area contributed by atoms with Gasteiger partial charge in [0.05, 0.1) is 13.1 Å². The highest BCUT2D eigenvalue weighted by molar-refractivity contribution is 5.54. The van der Waals surface area contributed by atoms with Crippen LogP contribution in [0.25, 0.3) is 0 Å². The van der Waals surface area contributed by atoms with E-state index in [1.54, 1.807) is 0 Å². The summed E-state index contributed by atoms with van der Waals surface area (Å²) in [5.74, 6) is 0. The topological polar surface area (TPSA) is 6.25 Å². The molecule has 1 heterocycles. The molecule has 0 bridgehead atoms. The lowest BCUT2D eigenvalue weighted by Crippen LogP contribution is -2.41. The summed E-state index contributed by atoms with van der Waals surface area (Å²) in [7, 11) is 0. The van der Waals surface area contributed by atoms with E-state index in [0.29, 0.717) is 6.04 Å². The Morgan fingerprint density at radius 1 is 1.55 bits per heavy atom. The van der Waals surface area contributed by atoms with Gasteiger partial charge in [-0.3, -0.25) is 4.90 Å². The van der Waals surface area contributed by atoms with Crippen molar-refractivity contribution in [3.63, 3.8) is 0 Å². The number of nitrogens with zero attached hydrogens (tertiary/aromatic N) is 2. The molecule has 0 saturated heterocycles. The molecule has 0 amide bonds. The molecule has 1 aliphatic heterocycles. The molecule has 0 saturated carbocycles. The first-order chi connectivity index (χ1) is 5.24. The van der Waals surface area contributed by atoms with Crippen molar-refractivity contribution < 1.29 is 4.58 Å². The van der Waals surface area contributed by atoms with Crippen molar-refractivity contribution in [1.29, 1.82) is 0 Å². The van der Waals surface area contributed by atoms with E-state index in [1.165, 1.54) is 19.6 Å². The zero-order valence-electron chi connectivity index (χ0n) is 7.88. The maximum Gasteiger partial charge on any atom is 0.155 e. The molecule has 0 fully saturated rings. The van der Waals surface area contributed by atoms with Gasteiger partial charge < -0.3 is 0 Å². The molecule has 0 aromatic heterocycles. The van der Waals surface area contributed by atoms with Gasteiger partial charge in [-0.15, -0.1) is 0 Å². The van der Waals surface area contributed by atoms with Crippen LogP contribution in [0.2, 0.25) is 0 Å². The molecule has 0 atom stereocenters. The van der Waals surface area contributed by atoms with Gasteiger partial charge in [-0.25, -0.2) is 4.58 Å². The summed E-state index contributed by atoms with van der Waals surface area (Å²) < 4.78 is 2.42. The van der Waals surface area contributed by atoms with E-state index >= 15 is 0 Å². The molecule has 0 spiro atoms. The summed E-state index contributed by atoms with van der Waals surface area (Å²) in [6, 6.07) is 0.675. The van der Waals surface area contributed by atoms with Crippen LogP contribution in [-0.2, 0) is 0 Å². The third kappa shape index (κ3) is 2.29. The van der Waals surface area contributed by atoms with Crippen LogP contribution >= 0.6 is 0 Å². The van der Waals surface area contributed by atoms with Crippen molar-refractivity contribution in [2.45, 2.75) is 26.8 Å². The van der Waals surface area contributed by atoms with E-state index in [0.717, 1.165) is 6.54 Å². The van der Waals surface area contributed by atoms with Crippen molar-refractivity contribution in [2.75, 3.05) is 26.2 Å². The quantitative estimate of drug-likeness (QED) is 0.535.